The Morgan fingerprint density at radius 2 is 0.681 bits per heavy atom. The van der Waals surface area contributed by atoms with Gasteiger partial charge in [-0.1, -0.05) is 188 Å². The van der Waals surface area contributed by atoms with Crippen molar-refractivity contribution in [2.75, 3.05) is 4.90 Å². The molecule has 0 bridgehead atoms. The van der Waals surface area contributed by atoms with Crippen LogP contribution in [0.15, 0.2) is 271 Å². The Labute approximate surface area is 401 Å². The minimum atomic E-state index is 0.901. The molecule has 0 fully saturated rings. The number of nitrogens with zero attached hydrogens (tertiary/aromatic N) is 2. The second kappa shape index (κ2) is 16.9. The number of hydrogen-bond acceptors (Lipinski definition) is 2. The van der Waals surface area contributed by atoms with Crippen LogP contribution >= 0.6 is 0 Å². The first-order valence-corrected chi connectivity index (χ1v) is 23.6. The summed E-state index contributed by atoms with van der Waals surface area (Å²) >= 11 is 0. The maximum absolute atomic E-state index is 6.25. The second-order valence-electron chi connectivity index (χ2n) is 17.7. The highest BCUT2D eigenvalue weighted by molar-refractivity contribution is 6.12. The number of fused-ring (bicyclic) bond motifs is 6. The number of anilines is 3. The molecule has 11 aromatic carbocycles. The highest BCUT2D eigenvalue weighted by Crippen LogP contribution is 2.41. The maximum atomic E-state index is 6.25. The molecule has 3 nitrogen and oxygen atoms in total. The summed E-state index contributed by atoms with van der Waals surface area (Å²) < 4.78 is 8.64. The number of aromatic nitrogens is 1. The topological polar surface area (TPSA) is 21.3 Å². The van der Waals surface area contributed by atoms with Gasteiger partial charge in [0.15, 0.2) is 0 Å². The quantitative estimate of drug-likeness (QED) is 0.144. The summed E-state index contributed by atoms with van der Waals surface area (Å²) in [4.78, 5) is 2.35. The van der Waals surface area contributed by atoms with Crippen molar-refractivity contribution < 1.29 is 4.42 Å². The molecule has 13 aromatic rings. The second-order valence-corrected chi connectivity index (χ2v) is 17.7. The van der Waals surface area contributed by atoms with E-state index < -0.39 is 0 Å². The van der Waals surface area contributed by atoms with Gasteiger partial charge in [0.05, 0.1) is 11.0 Å². The highest BCUT2D eigenvalue weighted by atomic mass is 16.3. The third-order valence-electron chi connectivity index (χ3n) is 13.6. The van der Waals surface area contributed by atoms with E-state index in [1.165, 1.54) is 55.2 Å². The van der Waals surface area contributed by atoms with Gasteiger partial charge in [0.2, 0.25) is 0 Å². The van der Waals surface area contributed by atoms with Crippen molar-refractivity contribution in [3.05, 3.63) is 267 Å². The molecule has 2 aromatic heterocycles. The van der Waals surface area contributed by atoms with Crippen LogP contribution in [-0.2, 0) is 0 Å². The van der Waals surface area contributed by atoms with Crippen molar-refractivity contribution in [1.82, 2.24) is 4.57 Å². The smallest absolute Gasteiger partial charge is 0.136 e. The van der Waals surface area contributed by atoms with Crippen LogP contribution in [-0.4, -0.2) is 4.57 Å². The van der Waals surface area contributed by atoms with Crippen molar-refractivity contribution in [3.63, 3.8) is 0 Å². The Hall–Kier alpha value is -9.18. The van der Waals surface area contributed by atoms with Crippen LogP contribution < -0.4 is 4.90 Å². The molecule has 3 heteroatoms. The minimum absolute atomic E-state index is 0.901. The summed E-state index contributed by atoms with van der Waals surface area (Å²) in [5.41, 5.74) is 20.3. The van der Waals surface area contributed by atoms with E-state index in [0.717, 1.165) is 66.9 Å². The molecule has 324 valence electrons. The number of benzene rings is 11. The standard InChI is InChI=1S/C66H44N2O/c1-2-13-45(14-3-1)46-27-29-47(30-28-46)48-31-37-54(38-32-48)67(55-39-33-49(34-40-55)51-15-10-17-53(43-51)58-22-12-26-65-66(58)61-21-6-9-25-64(61)69-65)56-41-35-50(36-42-56)52-16-11-18-57(44-52)68-62-23-7-4-19-59(62)60-20-5-8-24-63(60)68/h1-44H. The highest BCUT2D eigenvalue weighted by Gasteiger charge is 2.17. The van der Waals surface area contributed by atoms with Gasteiger partial charge >= 0.3 is 0 Å². The lowest BCUT2D eigenvalue weighted by atomic mass is 9.96. The van der Waals surface area contributed by atoms with Gasteiger partial charge in [-0.15, -0.1) is 0 Å². The first-order valence-electron chi connectivity index (χ1n) is 23.6. The number of hydrogen-bond donors (Lipinski definition) is 0. The molecule has 0 aliphatic rings. The average molecular weight is 881 g/mol. The molecular weight excluding hydrogens is 837 g/mol. The van der Waals surface area contributed by atoms with Crippen LogP contribution in [0.1, 0.15) is 0 Å². The molecule has 0 aliphatic carbocycles. The van der Waals surface area contributed by atoms with E-state index in [2.05, 4.69) is 264 Å². The van der Waals surface area contributed by atoms with Gasteiger partial charge in [-0.3, -0.25) is 0 Å². The molecule has 0 unspecified atom stereocenters. The van der Waals surface area contributed by atoms with Crippen LogP contribution in [0.2, 0.25) is 0 Å². The molecule has 0 aliphatic heterocycles. The normalized spacial score (nSPS) is 11.5. The first-order chi connectivity index (χ1) is 34.2. The van der Waals surface area contributed by atoms with E-state index in [-0.39, 0.29) is 0 Å². The zero-order chi connectivity index (χ0) is 45.7. The number of rotatable bonds is 9. The maximum Gasteiger partial charge on any atom is 0.136 e. The molecule has 0 atom stereocenters. The summed E-state index contributed by atoms with van der Waals surface area (Å²) in [7, 11) is 0. The summed E-state index contributed by atoms with van der Waals surface area (Å²) in [6.45, 7) is 0. The lowest BCUT2D eigenvalue weighted by Crippen LogP contribution is -2.09. The monoisotopic (exact) mass is 880 g/mol. The molecular formula is C66H44N2O. The Balaban J connectivity index is 0.852. The van der Waals surface area contributed by atoms with Crippen molar-refractivity contribution in [2.45, 2.75) is 0 Å². The molecule has 0 radical (unpaired) electrons. The van der Waals surface area contributed by atoms with Gasteiger partial charge in [0.1, 0.15) is 11.2 Å². The SMILES string of the molecule is c1ccc(-c2ccc(-c3ccc(N(c4ccc(-c5cccc(-c6cccc7oc8ccccc8c67)c5)cc4)c4ccc(-c5cccc(-n6c7ccccc7c7ccccc76)c5)cc4)cc3)cc2)cc1. The Kier molecular flexibility index (Phi) is 9.84. The zero-order valence-electron chi connectivity index (χ0n) is 37.7. The van der Waals surface area contributed by atoms with Crippen molar-refractivity contribution in [3.8, 4) is 61.3 Å². The number of para-hydroxylation sites is 3. The van der Waals surface area contributed by atoms with Gasteiger partial charge in [-0.2, -0.15) is 0 Å². The number of furan rings is 1. The molecule has 0 saturated carbocycles. The van der Waals surface area contributed by atoms with E-state index in [1.807, 2.05) is 12.1 Å². The van der Waals surface area contributed by atoms with Crippen LogP contribution in [0.3, 0.4) is 0 Å². The van der Waals surface area contributed by atoms with E-state index in [4.69, 9.17) is 4.42 Å². The van der Waals surface area contributed by atoms with Gasteiger partial charge in [0, 0.05) is 44.3 Å². The third kappa shape index (κ3) is 7.25. The molecule has 0 amide bonds. The van der Waals surface area contributed by atoms with Crippen molar-refractivity contribution >= 4 is 60.8 Å². The molecule has 13 rings (SSSR count). The molecule has 0 spiro atoms. The van der Waals surface area contributed by atoms with Gasteiger partial charge in [-0.05, 0) is 134 Å². The van der Waals surface area contributed by atoms with E-state index in [9.17, 15) is 0 Å². The largest absolute Gasteiger partial charge is 0.456 e. The Morgan fingerprint density at radius 1 is 0.275 bits per heavy atom. The van der Waals surface area contributed by atoms with E-state index >= 15 is 0 Å². The van der Waals surface area contributed by atoms with Crippen LogP contribution in [0.25, 0.3) is 105 Å². The van der Waals surface area contributed by atoms with Gasteiger partial charge < -0.3 is 13.9 Å². The lowest BCUT2D eigenvalue weighted by Gasteiger charge is -2.26. The van der Waals surface area contributed by atoms with Crippen molar-refractivity contribution in [1.29, 1.82) is 0 Å². The van der Waals surface area contributed by atoms with Crippen LogP contribution in [0.5, 0.6) is 0 Å². The predicted molar refractivity (Wildman–Crippen MR) is 290 cm³/mol. The summed E-state index contributed by atoms with van der Waals surface area (Å²) in [6.07, 6.45) is 0. The lowest BCUT2D eigenvalue weighted by molar-refractivity contribution is 0.669. The minimum Gasteiger partial charge on any atom is -0.456 e. The third-order valence-corrected chi connectivity index (χ3v) is 13.6. The zero-order valence-corrected chi connectivity index (χ0v) is 37.7. The van der Waals surface area contributed by atoms with Crippen LogP contribution in [0, 0.1) is 0 Å². The first kappa shape index (κ1) is 40.1. The Bertz CT molecular complexity index is 3920. The fourth-order valence-corrected chi connectivity index (χ4v) is 10.2. The van der Waals surface area contributed by atoms with E-state index in [1.54, 1.807) is 0 Å². The predicted octanol–water partition coefficient (Wildman–Crippen LogP) is 18.5. The molecule has 0 saturated heterocycles. The molecule has 2 heterocycles. The Morgan fingerprint density at radius 3 is 1.28 bits per heavy atom. The average Bonchev–Trinajstić information content (AvgIpc) is 3.98. The fourth-order valence-electron chi connectivity index (χ4n) is 10.2. The fraction of sp³-hybridized carbons (Fsp3) is 0. The van der Waals surface area contributed by atoms with Gasteiger partial charge in [0.25, 0.3) is 0 Å². The van der Waals surface area contributed by atoms with Crippen molar-refractivity contribution in [2.24, 2.45) is 0 Å². The molecule has 69 heavy (non-hydrogen) atoms. The van der Waals surface area contributed by atoms with Crippen LogP contribution in [0.4, 0.5) is 17.1 Å². The summed E-state index contributed by atoms with van der Waals surface area (Å²) in [5, 5.41) is 4.80. The summed E-state index contributed by atoms with van der Waals surface area (Å²) in [6, 6.07) is 96.0. The molecule has 0 N–H and O–H groups in total. The van der Waals surface area contributed by atoms with E-state index in [0.29, 0.717) is 0 Å². The van der Waals surface area contributed by atoms with Gasteiger partial charge in [-0.25, -0.2) is 0 Å². The summed E-state index contributed by atoms with van der Waals surface area (Å²) in [5.74, 6) is 0.